The molecular formula is C14H22FNO3. The summed E-state index contributed by atoms with van der Waals surface area (Å²) >= 11 is 0. The van der Waals surface area contributed by atoms with E-state index in [0.717, 1.165) is 5.56 Å². The molecule has 4 nitrogen and oxygen atoms in total. The molecule has 0 saturated heterocycles. The van der Waals surface area contributed by atoms with E-state index >= 15 is 0 Å². The number of rotatable bonds is 8. The highest BCUT2D eigenvalue weighted by Gasteiger charge is 2.14. The highest BCUT2D eigenvalue weighted by atomic mass is 19.1. The van der Waals surface area contributed by atoms with Crippen LogP contribution in [0.5, 0.6) is 17.2 Å². The van der Waals surface area contributed by atoms with Crippen molar-refractivity contribution in [3.8, 4) is 17.2 Å². The molecule has 0 heterocycles. The molecule has 19 heavy (non-hydrogen) atoms. The lowest BCUT2D eigenvalue weighted by Gasteiger charge is -2.16. The number of nitrogens with one attached hydrogen (secondary N) is 1. The third-order valence-corrected chi connectivity index (χ3v) is 2.56. The fraction of sp³-hybridized carbons (Fsp3) is 0.571. The van der Waals surface area contributed by atoms with Crippen molar-refractivity contribution in [3.05, 3.63) is 17.7 Å². The van der Waals surface area contributed by atoms with Gasteiger partial charge in [-0.2, -0.15) is 0 Å². The van der Waals surface area contributed by atoms with Crippen LogP contribution in [0.25, 0.3) is 0 Å². The van der Waals surface area contributed by atoms with E-state index < -0.39 is 6.67 Å². The van der Waals surface area contributed by atoms with Crippen LogP contribution in [0.2, 0.25) is 0 Å². The van der Waals surface area contributed by atoms with Crippen LogP contribution >= 0.6 is 0 Å². The molecule has 0 radical (unpaired) electrons. The van der Waals surface area contributed by atoms with Crippen LogP contribution in [-0.2, 0) is 6.54 Å². The average Bonchev–Trinajstić information content (AvgIpc) is 2.42. The molecule has 1 rings (SSSR count). The van der Waals surface area contributed by atoms with Gasteiger partial charge in [-0.25, -0.2) is 4.39 Å². The molecule has 0 aliphatic rings. The Morgan fingerprint density at radius 2 is 1.74 bits per heavy atom. The second-order valence-electron chi connectivity index (χ2n) is 4.40. The Labute approximate surface area is 113 Å². The van der Waals surface area contributed by atoms with Gasteiger partial charge in [0.25, 0.3) is 0 Å². The zero-order chi connectivity index (χ0) is 14.3. The van der Waals surface area contributed by atoms with Crippen molar-refractivity contribution in [1.29, 1.82) is 0 Å². The molecule has 1 aromatic rings. The zero-order valence-corrected chi connectivity index (χ0v) is 12.0. The molecule has 0 atom stereocenters. The molecule has 108 valence electrons. The fourth-order valence-corrected chi connectivity index (χ4v) is 1.64. The monoisotopic (exact) mass is 271 g/mol. The lowest BCUT2D eigenvalue weighted by molar-refractivity contribution is 0.247. The summed E-state index contributed by atoms with van der Waals surface area (Å²) in [5, 5.41) is 3.32. The van der Waals surface area contributed by atoms with Gasteiger partial charge in [0.05, 0.1) is 14.2 Å². The number of hydrogen-bond donors (Lipinski definition) is 1. The molecule has 0 amide bonds. The van der Waals surface area contributed by atoms with Crippen LogP contribution in [0, 0.1) is 0 Å². The van der Waals surface area contributed by atoms with Crippen molar-refractivity contribution in [2.45, 2.75) is 26.4 Å². The first-order chi connectivity index (χ1) is 9.12. The average molecular weight is 271 g/mol. The lowest BCUT2D eigenvalue weighted by Crippen LogP contribution is -2.21. The Kier molecular flexibility index (Phi) is 6.42. The molecule has 0 bridgehead atoms. The van der Waals surface area contributed by atoms with E-state index in [9.17, 15) is 4.39 Å². The first-order valence-corrected chi connectivity index (χ1v) is 6.29. The molecule has 0 fully saturated rings. The van der Waals surface area contributed by atoms with E-state index in [0.29, 0.717) is 29.8 Å². The summed E-state index contributed by atoms with van der Waals surface area (Å²) in [6, 6.07) is 4.12. The quantitative estimate of drug-likeness (QED) is 0.788. The van der Waals surface area contributed by atoms with Crippen molar-refractivity contribution in [3.63, 3.8) is 0 Å². The molecular weight excluding hydrogens is 249 g/mol. The van der Waals surface area contributed by atoms with Crippen LogP contribution in [0.15, 0.2) is 12.1 Å². The van der Waals surface area contributed by atoms with Crippen LogP contribution in [-0.4, -0.2) is 33.5 Å². The summed E-state index contributed by atoms with van der Waals surface area (Å²) < 4.78 is 28.1. The normalized spacial score (nSPS) is 10.6. The van der Waals surface area contributed by atoms with Gasteiger partial charge < -0.3 is 19.5 Å². The van der Waals surface area contributed by atoms with E-state index in [1.165, 1.54) is 0 Å². The van der Waals surface area contributed by atoms with Gasteiger partial charge in [0.15, 0.2) is 11.5 Å². The Morgan fingerprint density at radius 3 is 2.16 bits per heavy atom. The highest BCUT2D eigenvalue weighted by molar-refractivity contribution is 5.53. The third-order valence-electron chi connectivity index (χ3n) is 2.56. The minimum atomic E-state index is -0.553. The molecule has 0 aliphatic heterocycles. The van der Waals surface area contributed by atoms with Crippen LogP contribution in [0.4, 0.5) is 4.39 Å². The van der Waals surface area contributed by atoms with Gasteiger partial charge >= 0.3 is 0 Å². The van der Waals surface area contributed by atoms with Gasteiger partial charge in [-0.15, -0.1) is 0 Å². The second kappa shape index (κ2) is 7.84. The van der Waals surface area contributed by atoms with Gasteiger partial charge in [-0.1, -0.05) is 13.8 Å². The highest BCUT2D eigenvalue weighted by Crippen LogP contribution is 2.38. The van der Waals surface area contributed by atoms with E-state index in [2.05, 4.69) is 19.2 Å². The summed E-state index contributed by atoms with van der Waals surface area (Å²) in [7, 11) is 3.10. The van der Waals surface area contributed by atoms with Crippen molar-refractivity contribution in [2.75, 3.05) is 27.5 Å². The maximum atomic E-state index is 12.2. The number of benzene rings is 1. The van der Waals surface area contributed by atoms with E-state index in [-0.39, 0.29) is 6.61 Å². The molecule has 0 aromatic heterocycles. The molecule has 0 spiro atoms. The minimum Gasteiger partial charge on any atom is -0.493 e. The van der Waals surface area contributed by atoms with Crippen molar-refractivity contribution in [2.24, 2.45) is 0 Å². The smallest absolute Gasteiger partial charge is 0.203 e. The molecule has 5 heteroatoms. The predicted octanol–water partition coefficient (Wildman–Crippen LogP) is 2.55. The summed E-state index contributed by atoms with van der Waals surface area (Å²) in [4.78, 5) is 0. The first-order valence-electron chi connectivity index (χ1n) is 6.29. The Bertz CT molecular complexity index is 371. The van der Waals surface area contributed by atoms with Crippen molar-refractivity contribution < 1.29 is 18.6 Å². The lowest BCUT2D eigenvalue weighted by atomic mass is 10.1. The topological polar surface area (TPSA) is 39.7 Å². The maximum absolute atomic E-state index is 12.2. The Balaban J connectivity index is 2.98. The van der Waals surface area contributed by atoms with Crippen LogP contribution < -0.4 is 19.5 Å². The number of hydrogen-bond acceptors (Lipinski definition) is 4. The molecule has 1 aromatic carbocycles. The van der Waals surface area contributed by atoms with Crippen LogP contribution in [0.1, 0.15) is 19.4 Å². The minimum absolute atomic E-state index is 0.0175. The molecule has 1 N–H and O–H groups in total. The van der Waals surface area contributed by atoms with Gasteiger partial charge in [-0.3, -0.25) is 0 Å². The summed E-state index contributed by atoms with van der Waals surface area (Å²) in [6.45, 7) is 4.29. The van der Waals surface area contributed by atoms with Crippen LogP contribution in [0.3, 0.4) is 0 Å². The van der Waals surface area contributed by atoms with Crippen molar-refractivity contribution >= 4 is 0 Å². The number of alkyl halides is 1. The summed E-state index contributed by atoms with van der Waals surface area (Å²) in [5.74, 6) is 1.54. The zero-order valence-electron chi connectivity index (χ0n) is 12.0. The third kappa shape index (κ3) is 4.59. The molecule has 0 saturated carbocycles. The second-order valence-corrected chi connectivity index (χ2v) is 4.40. The predicted molar refractivity (Wildman–Crippen MR) is 73.0 cm³/mol. The fourth-order valence-electron chi connectivity index (χ4n) is 1.64. The number of halogens is 1. The van der Waals surface area contributed by atoms with Crippen molar-refractivity contribution in [1.82, 2.24) is 5.32 Å². The number of methoxy groups -OCH3 is 2. The van der Waals surface area contributed by atoms with E-state index in [1.54, 1.807) is 14.2 Å². The van der Waals surface area contributed by atoms with Gasteiger partial charge in [0, 0.05) is 12.6 Å². The Hall–Kier alpha value is -1.49. The number of ether oxygens (including phenoxy) is 3. The van der Waals surface area contributed by atoms with E-state index in [1.807, 2.05) is 12.1 Å². The van der Waals surface area contributed by atoms with Gasteiger partial charge in [0.2, 0.25) is 5.75 Å². The summed E-state index contributed by atoms with van der Waals surface area (Å²) in [6.07, 6.45) is 0. The summed E-state index contributed by atoms with van der Waals surface area (Å²) in [5.41, 5.74) is 1.02. The SMILES string of the molecule is COc1cc(CNC(C)C)cc(OC)c1OCCF. The maximum Gasteiger partial charge on any atom is 0.203 e. The molecule has 0 aliphatic carbocycles. The Morgan fingerprint density at radius 1 is 1.16 bits per heavy atom. The first kappa shape index (κ1) is 15.6. The molecule has 0 unspecified atom stereocenters. The van der Waals surface area contributed by atoms with Gasteiger partial charge in [-0.05, 0) is 17.7 Å². The van der Waals surface area contributed by atoms with Gasteiger partial charge in [0.1, 0.15) is 13.3 Å². The largest absolute Gasteiger partial charge is 0.493 e. The standard InChI is InChI=1S/C14H22FNO3/c1-10(2)16-9-11-7-12(17-3)14(19-6-5-15)13(8-11)18-4/h7-8,10,16H,5-6,9H2,1-4H3. The van der Waals surface area contributed by atoms with E-state index in [4.69, 9.17) is 14.2 Å².